The second-order valence-corrected chi connectivity index (χ2v) is 8.00. The van der Waals surface area contributed by atoms with Gasteiger partial charge in [-0.2, -0.15) is 17.4 Å². The fraction of sp³-hybridized carbons (Fsp3) is 0.667. The number of hydrogen-bond acceptors (Lipinski definition) is 7. The lowest BCUT2D eigenvalue weighted by Gasteiger charge is -2.36. The van der Waals surface area contributed by atoms with Crippen molar-refractivity contribution >= 4 is 23.2 Å². The smallest absolute Gasteiger partial charge is 0.290 e. The Balaban J connectivity index is 0.00000108. The Kier molecular flexibility index (Phi) is 12.2. The number of imidazole rings is 1. The van der Waals surface area contributed by atoms with E-state index in [0.29, 0.717) is 13.0 Å². The minimum atomic E-state index is -3.51. The monoisotopic (exact) mass is 423 g/mol. The molecule has 1 saturated heterocycles. The maximum absolute atomic E-state index is 11.8. The molecule has 1 aliphatic heterocycles. The van der Waals surface area contributed by atoms with Gasteiger partial charge in [0.05, 0.1) is 12.1 Å². The topological polar surface area (TPSA) is 165 Å². The summed E-state index contributed by atoms with van der Waals surface area (Å²) >= 11 is 0. The Morgan fingerprint density at radius 3 is 2.32 bits per heavy atom. The van der Waals surface area contributed by atoms with Gasteiger partial charge in [-0.3, -0.25) is 9.59 Å². The van der Waals surface area contributed by atoms with Gasteiger partial charge in [0, 0.05) is 53.0 Å². The number of piperidine rings is 1. The fourth-order valence-electron chi connectivity index (χ4n) is 2.53. The summed E-state index contributed by atoms with van der Waals surface area (Å²) in [6.45, 7) is 1.52. The van der Waals surface area contributed by atoms with Crippen molar-refractivity contribution in [3.63, 3.8) is 0 Å². The van der Waals surface area contributed by atoms with Crippen LogP contribution in [0, 0.1) is 0 Å². The third-order valence-corrected chi connectivity index (χ3v) is 5.58. The number of nitrogens with one attached hydrogen (secondary N) is 1. The van der Waals surface area contributed by atoms with Crippen LogP contribution in [0.4, 0.5) is 0 Å². The van der Waals surface area contributed by atoms with Crippen LogP contribution >= 0.6 is 0 Å². The molecule has 0 unspecified atom stereocenters. The molecule has 13 heteroatoms. The van der Waals surface area contributed by atoms with E-state index in [0.717, 1.165) is 29.6 Å². The first-order valence-corrected chi connectivity index (χ1v) is 9.79. The first-order valence-electron chi connectivity index (χ1n) is 8.35. The summed E-state index contributed by atoms with van der Waals surface area (Å²) in [7, 11) is 1.39. The number of rotatable bonds is 6. The first-order chi connectivity index (χ1) is 13.1. The molecule has 1 fully saturated rings. The summed E-state index contributed by atoms with van der Waals surface area (Å²) < 4.78 is 29.3. The van der Waals surface area contributed by atoms with E-state index in [1.165, 1.54) is 14.1 Å². The molecule has 2 heterocycles. The molecule has 4 N–H and O–H groups in total. The number of aryl methyl sites for hydroxylation is 1. The number of nitrogens with zero attached hydrogens (tertiary/aromatic N) is 4. The van der Waals surface area contributed by atoms with Gasteiger partial charge in [0.2, 0.25) is 0 Å². The van der Waals surface area contributed by atoms with Crippen molar-refractivity contribution in [2.24, 2.45) is 7.05 Å². The molecule has 2 rings (SSSR count). The van der Waals surface area contributed by atoms with Crippen molar-refractivity contribution in [2.75, 3.05) is 33.7 Å². The van der Waals surface area contributed by atoms with Gasteiger partial charge < -0.3 is 24.8 Å². The molecule has 1 aromatic rings. The van der Waals surface area contributed by atoms with E-state index >= 15 is 0 Å². The molecule has 1 aromatic heterocycles. The van der Waals surface area contributed by atoms with E-state index in [2.05, 4.69) is 14.6 Å². The Morgan fingerprint density at radius 1 is 1.32 bits per heavy atom. The van der Waals surface area contributed by atoms with Crippen LogP contribution < -0.4 is 4.72 Å². The predicted molar refractivity (Wildman–Crippen MR) is 101 cm³/mol. The Labute approximate surface area is 164 Å². The number of likely N-dealkylation sites (tertiary alicyclic amines) is 1. The molecule has 1 aliphatic rings. The van der Waals surface area contributed by atoms with Crippen LogP contribution in [0.2, 0.25) is 0 Å². The highest BCUT2D eigenvalue weighted by atomic mass is 32.2. The van der Waals surface area contributed by atoms with Gasteiger partial charge in [-0.1, -0.05) is 0 Å². The zero-order valence-electron chi connectivity index (χ0n) is 16.2. The normalized spacial score (nSPS) is 19.8. The van der Waals surface area contributed by atoms with Crippen LogP contribution in [0.25, 0.3) is 0 Å². The maximum atomic E-state index is 11.8. The third kappa shape index (κ3) is 9.23. The molecular weight excluding hydrogens is 394 g/mol. The van der Waals surface area contributed by atoms with Gasteiger partial charge in [-0.15, -0.1) is 0 Å². The zero-order chi connectivity index (χ0) is 21.7. The molecule has 0 bridgehead atoms. The van der Waals surface area contributed by atoms with Crippen LogP contribution in [0.3, 0.4) is 0 Å². The van der Waals surface area contributed by atoms with Crippen LogP contribution in [0.5, 0.6) is 0 Å². The summed E-state index contributed by atoms with van der Waals surface area (Å²) in [5, 5.41) is 24.0. The molecule has 0 radical (unpaired) electrons. The van der Waals surface area contributed by atoms with Crippen molar-refractivity contribution in [2.45, 2.75) is 25.0 Å². The maximum Gasteiger partial charge on any atom is 0.290 e. The molecule has 0 spiro atoms. The van der Waals surface area contributed by atoms with Crippen LogP contribution in [-0.2, 0) is 33.3 Å². The SMILES string of the molecule is CN(C)S(=O)(=O)N[C@@H]1CCN(CCc2nccn2C)C[C@H]1O.O=CO.O=CO. The van der Waals surface area contributed by atoms with Crippen LogP contribution in [0.1, 0.15) is 12.2 Å². The lowest BCUT2D eigenvalue weighted by atomic mass is 10.0. The van der Waals surface area contributed by atoms with Crippen LogP contribution in [-0.4, -0.2) is 101 Å². The second kappa shape index (κ2) is 13.2. The summed E-state index contributed by atoms with van der Waals surface area (Å²) in [4.78, 5) is 23.1. The Bertz CT molecular complexity index is 674. The van der Waals surface area contributed by atoms with Crippen molar-refractivity contribution < 1.29 is 33.3 Å². The average Bonchev–Trinajstić information content (AvgIpc) is 3.01. The highest BCUT2D eigenvalue weighted by molar-refractivity contribution is 7.87. The largest absolute Gasteiger partial charge is 0.483 e. The molecule has 0 amide bonds. The van der Waals surface area contributed by atoms with E-state index in [9.17, 15) is 13.5 Å². The Hall–Kier alpha value is -2.06. The summed E-state index contributed by atoms with van der Waals surface area (Å²) in [6, 6.07) is -0.434. The lowest BCUT2D eigenvalue weighted by Crippen LogP contribution is -2.55. The summed E-state index contributed by atoms with van der Waals surface area (Å²) in [5.74, 6) is 1.00. The highest BCUT2D eigenvalue weighted by Gasteiger charge is 2.31. The Morgan fingerprint density at radius 2 is 1.89 bits per heavy atom. The standard InChI is InChI=1S/C13H25N5O3S.2CH2O2/c1-16(2)22(20,21)15-11-4-7-18(10-12(11)19)8-5-13-14-6-9-17(13)3;2*2-1-3/h6,9,11-12,15,19H,4-5,7-8,10H2,1-3H3;2*1H,(H,2,3)/t11-,12-;;/m1../s1. The molecule has 2 atom stereocenters. The summed E-state index contributed by atoms with van der Waals surface area (Å²) in [5.41, 5.74) is 0. The predicted octanol–water partition coefficient (Wildman–Crippen LogP) is -1.80. The van der Waals surface area contributed by atoms with E-state index in [1.54, 1.807) is 6.20 Å². The molecule has 0 aromatic carbocycles. The van der Waals surface area contributed by atoms with Gasteiger partial charge in [0.15, 0.2) is 0 Å². The minimum absolute atomic E-state index is 0.250. The van der Waals surface area contributed by atoms with E-state index in [-0.39, 0.29) is 12.9 Å². The van der Waals surface area contributed by atoms with Crippen molar-refractivity contribution in [1.82, 2.24) is 23.5 Å². The molecule has 0 aliphatic carbocycles. The first kappa shape index (κ1) is 25.9. The highest BCUT2D eigenvalue weighted by Crippen LogP contribution is 2.13. The van der Waals surface area contributed by atoms with Gasteiger partial charge in [0.1, 0.15) is 5.82 Å². The number of aliphatic hydroxyl groups is 1. The van der Waals surface area contributed by atoms with Crippen molar-refractivity contribution in [1.29, 1.82) is 0 Å². The number of carboxylic acid groups (broad SMARTS) is 2. The second-order valence-electron chi connectivity index (χ2n) is 6.08. The van der Waals surface area contributed by atoms with E-state index in [1.807, 2.05) is 17.8 Å². The van der Waals surface area contributed by atoms with E-state index in [4.69, 9.17) is 19.8 Å². The molecule has 0 saturated carbocycles. The fourth-order valence-corrected chi connectivity index (χ4v) is 3.40. The zero-order valence-corrected chi connectivity index (χ0v) is 17.0. The van der Waals surface area contributed by atoms with Gasteiger partial charge in [-0.25, -0.2) is 4.98 Å². The number of β-amino-alcohol motifs (C(OH)–C–C–N with tert-alkyl or cyclic N) is 1. The van der Waals surface area contributed by atoms with Crippen molar-refractivity contribution in [3.8, 4) is 0 Å². The minimum Gasteiger partial charge on any atom is -0.483 e. The molecule has 162 valence electrons. The third-order valence-electron chi connectivity index (χ3n) is 4.02. The number of hydrogen-bond donors (Lipinski definition) is 4. The number of carbonyl (C=O) groups is 2. The molecular formula is C15H29N5O7S. The summed E-state index contributed by atoms with van der Waals surface area (Å²) in [6.07, 6.45) is 4.38. The average molecular weight is 423 g/mol. The van der Waals surface area contributed by atoms with Gasteiger partial charge in [0.25, 0.3) is 23.2 Å². The van der Waals surface area contributed by atoms with E-state index < -0.39 is 22.4 Å². The number of aromatic nitrogens is 2. The van der Waals surface area contributed by atoms with Crippen molar-refractivity contribution in [3.05, 3.63) is 18.2 Å². The van der Waals surface area contributed by atoms with Gasteiger partial charge in [-0.05, 0) is 13.0 Å². The van der Waals surface area contributed by atoms with Gasteiger partial charge >= 0.3 is 0 Å². The molecule has 28 heavy (non-hydrogen) atoms. The lowest BCUT2D eigenvalue weighted by molar-refractivity contribution is -0.123. The quantitative estimate of drug-likeness (QED) is 0.386. The molecule has 12 nitrogen and oxygen atoms in total. The number of aliphatic hydroxyl groups excluding tert-OH is 1. The van der Waals surface area contributed by atoms with Crippen LogP contribution in [0.15, 0.2) is 12.4 Å².